The molecule has 1 heterocycles. The number of fused-ring (bicyclic) bond motifs is 5. The Balaban J connectivity index is 1.38. The van der Waals surface area contributed by atoms with Crippen molar-refractivity contribution in [1.82, 2.24) is 0 Å². The first-order valence-corrected chi connectivity index (χ1v) is 17.0. The fraction of sp³-hybridized carbons (Fsp3) is 0.886. The Morgan fingerprint density at radius 1 is 0.978 bits per heavy atom. The average Bonchev–Trinajstić information content (AvgIpc) is 3.21. The molecular formula is C35H58O10. The number of aliphatic hydroxyl groups excluding tert-OH is 5. The summed E-state index contributed by atoms with van der Waals surface area (Å²) in [4.78, 5) is 0. The number of aliphatic hydroxyl groups is 6. The maximum absolute atomic E-state index is 12.7. The minimum atomic E-state index is -1.36. The van der Waals surface area contributed by atoms with E-state index in [0.717, 1.165) is 12.0 Å². The summed E-state index contributed by atoms with van der Waals surface area (Å²) >= 11 is 0. The van der Waals surface area contributed by atoms with Crippen LogP contribution in [0.4, 0.5) is 0 Å². The molecule has 6 N–H and O–H groups in total. The van der Waals surface area contributed by atoms with Crippen LogP contribution in [0, 0.1) is 46.3 Å². The van der Waals surface area contributed by atoms with Crippen molar-refractivity contribution in [2.75, 3.05) is 27.4 Å². The van der Waals surface area contributed by atoms with Gasteiger partial charge in [-0.25, -0.2) is 0 Å². The molecule has 0 spiro atoms. The maximum atomic E-state index is 12.7. The Labute approximate surface area is 268 Å². The van der Waals surface area contributed by atoms with Crippen LogP contribution in [0.15, 0.2) is 23.8 Å². The van der Waals surface area contributed by atoms with Gasteiger partial charge in [0.1, 0.15) is 18.3 Å². The second kappa shape index (κ2) is 13.2. The van der Waals surface area contributed by atoms with E-state index >= 15 is 0 Å². The summed E-state index contributed by atoms with van der Waals surface area (Å²) < 4.78 is 23.2. The van der Waals surface area contributed by atoms with E-state index in [0.29, 0.717) is 19.3 Å². The van der Waals surface area contributed by atoms with Crippen molar-refractivity contribution < 1.29 is 49.6 Å². The molecule has 5 aliphatic rings. The third-order valence-corrected chi connectivity index (χ3v) is 13.0. The van der Waals surface area contributed by atoms with E-state index in [1.54, 1.807) is 0 Å². The van der Waals surface area contributed by atoms with Gasteiger partial charge >= 0.3 is 0 Å². The zero-order valence-corrected chi connectivity index (χ0v) is 28.1. The van der Waals surface area contributed by atoms with E-state index < -0.39 is 65.3 Å². The molecule has 17 atom stereocenters. The van der Waals surface area contributed by atoms with E-state index in [9.17, 15) is 30.6 Å². The molecule has 0 aromatic rings. The Bertz CT molecular complexity index is 1100. The highest BCUT2D eigenvalue weighted by Crippen LogP contribution is 2.69. The van der Waals surface area contributed by atoms with Crippen LogP contribution >= 0.6 is 0 Å². The van der Waals surface area contributed by atoms with Crippen LogP contribution in [0.2, 0.25) is 0 Å². The first-order chi connectivity index (χ1) is 21.2. The molecule has 10 nitrogen and oxygen atoms in total. The van der Waals surface area contributed by atoms with Crippen LogP contribution in [-0.4, -0.2) is 113 Å². The Kier molecular flexibility index (Phi) is 10.4. The summed E-state index contributed by atoms with van der Waals surface area (Å²) in [6.45, 7) is 10.5. The lowest BCUT2D eigenvalue weighted by molar-refractivity contribution is -0.289. The van der Waals surface area contributed by atoms with Gasteiger partial charge in [0.2, 0.25) is 0 Å². The van der Waals surface area contributed by atoms with E-state index in [2.05, 4.69) is 39.8 Å². The van der Waals surface area contributed by atoms with Crippen LogP contribution in [0.5, 0.6) is 0 Å². The smallest absolute Gasteiger partial charge is 0.187 e. The highest BCUT2D eigenvalue weighted by molar-refractivity contribution is 5.33. The first-order valence-electron chi connectivity index (χ1n) is 17.0. The van der Waals surface area contributed by atoms with Crippen molar-refractivity contribution in [2.45, 2.75) is 121 Å². The third-order valence-electron chi connectivity index (χ3n) is 13.0. The minimum absolute atomic E-state index is 0.0537. The Morgan fingerprint density at radius 2 is 1.67 bits per heavy atom. The molecule has 10 heteroatoms. The molecule has 0 radical (unpaired) electrons. The SMILES string of the molecule is COC1C(O)COC(O[C@@H]2C=C3[C@H](O)C[C@]4(O)C(CC[C@@]5(C)C4[C@@H](O)[C@H](O)[C@@H]5[C@H](C)/C=C/C(C)C(C)CO)[C@@]3(C)CC2)C1OC. The molecule has 0 amide bonds. The highest BCUT2D eigenvalue weighted by atomic mass is 16.7. The van der Waals surface area contributed by atoms with E-state index in [1.165, 1.54) is 14.2 Å². The summed E-state index contributed by atoms with van der Waals surface area (Å²) in [5.41, 5.74) is -1.57. The lowest BCUT2D eigenvalue weighted by Crippen LogP contribution is -2.66. The molecule has 0 bridgehead atoms. The van der Waals surface area contributed by atoms with Crippen molar-refractivity contribution in [3.8, 4) is 0 Å². The third kappa shape index (κ3) is 5.79. The highest BCUT2D eigenvalue weighted by Gasteiger charge is 2.72. The van der Waals surface area contributed by atoms with Gasteiger partial charge in [-0.3, -0.25) is 0 Å². The first kappa shape index (κ1) is 35.4. The monoisotopic (exact) mass is 638 g/mol. The topological polar surface area (TPSA) is 158 Å². The summed E-state index contributed by atoms with van der Waals surface area (Å²) in [5, 5.41) is 67.4. The maximum Gasteiger partial charge on any atom is 0.187 e. The summed E-state index contributed by atoms with van der Waals surface area (Å²) in [6.07, 6.45) is 2.81. The van der Waals surface area contributed by atoms with Crippen molar-refractivity contribution in [3.63, 3.8) is 0 Å². The van der Waals surface area contributed by atoms with Gasteiger partial charge in [-0.2, -0.15) is 0 Å². The molecule has 4 aliphatic carbocycles. The largest absolute Gasteiger partial charge is 0.396 e. The van der Waals surface area contributed by atoms with Gasteiger partial charge in [0.15, 0.2) is 6.29 Å². The van der Waals surface area contributed by atoms with Gasteiger partial charge in [-0.05, 0) is 71.7 Å². The molecule has 0 aromatic carbocycles. The number of methoxy groups -OCH3 is 2. The Morgan fingerprint density at radius 3 is 2.31 bits per heavy atom. The number of ether oxygens (including phenoxy) is 4. The molecule has 5 rings (SSSR count). The van der Waals surface area contributed by atoms with Crippen molar-refractivity contribution in [3.05, 3.63) is 23.8 Å². The van der Waals surface area contributed by atoms with Crippen molar-refractivity contribution in [2.24, 2.45) is 46.3 Å². The number of hydrogen-bond acceptors (Lipinski definition) is 10. The fourth-order valence-electron chi connectivity index (χ4n) is 10.4. The van der Waals surface area contributed by atoms with Gasteiger partial charge in [0, 0.05) is 33.2 Å². The minimum Gasteiger partial charge on any atom is -0.396 e. The zero-order valence-electron chi connectivity index (χ0n) is 28.1. The van der Waals surface area contributed by atoms with Gasteiger partial charge in [0.05, 0.1) is 36.6 Å². The van der Waals surface area contributed by atoms with Gasteiger partial charge in [-0.15, -0.1) is 0 Å². The summed E-state index contributed by atoms with van der Waals surface area (Å²) in [5.74, 6) is -0.833. The molecule has 8 unspecified atom stereocenters. The van der Waals surface area contributed by atoms with Gasteiger partial charge in [-0.1, -0.05) is 52.8 Å². The van der Waals surface area contributed by atoms with Crippen molar-refractivity contribution in [1.29, 1.82) is 0 Å². The van der Waals surface area contributed by atoms with E-state index in [4.69, 9.17) is 18.9 Å². The molecule has 1 saturated heterocycles. The zero-order chi connectivity index (χ0) is 33.1. The number of rotatable bonds is 9. The molecule has 4 fully saturated rings. The van der Waals surface area contributed by atoms with Crippen LogP contribution in [0.1, 0.15) is 66.7 Å². The second-order valence-electron chi connectivity index (χ2n) is 15.5. The standard InChI is InChI=1S/C35H58O10/c1-18(20(3)16-36)8-9-19(2)26-27(39)28(40)31-34(26,5)13-11-25-33(4)12-10-21(14-22(33)23(37)15-35(25,31)41)45-32-30(43-7)29(42-6)24(38)17-44-32/h8-9,14,18-21,23-32,36-41H,10-13,15-17H2,1-7H3/b9-8+/t18?,19-,20?,21+,23-,24?,25?,26+,27-,28+,29?,30?,31?,32?,33+,34-,35+/m1/s1. The molecule has 45 heavy (non-hydrogen) atoms. The molecular weight excluding hydrogens is 580 g/mol. The number of hydrogen-bond donors (Lipinski definition) is 6. The quantitative estimate of drug-likeness (QED) is 0.207. The lowest BCUT2D eigenvalue weighted by atomic mass is 9.43. The predicted molar refractivity (Wildman–Crippen MR) is 167 cm³/mol. The Hall–Kier alpha value is -0.920. The van der Waals surface area contributed by atoms with Crippen LogP contribution in [0.25, 0.3) is 0 Å². The predicted octanol–water partition coefficient (Wildman–Crippen LogP) is 2.18. The van der Waals surface area contributed by atoms with Crippen molar-refractivity contribution >= 4 is 0 Å². The van der Waals surface area contributed by atoms with Gasteiger partial charge in [0.25, 0.3) is 0 Å². The number of allylic oxidation sites excluding steroid dienone is 2. The normalized spacial score (nSPS) is 50.3. The average molecular weight is 639 g/mol. The lowest BCUT2D eigenvalue weighted by Gasteiger charge is -2.63. The fourth-order valence-corrected chi connectivity index (χ4v) is 10.4. The van der Waals surface area contributed by atoms with Crippen LogP contribution < -0.4 is 0 Å². The van der Waals surface area contributed by atoms with E-state index in [1.807, 2.05) is 13.0 Å². The van der Waals surface area contributed by atoms with Gasteiger partial charge < -0.3 is 49.6 Å². The molecule has 1 aliphatic heterocycles. The molecule has 3 saturated carbocycles. The summed E-state index contributed by atoms with van der Waals surface area (Å²) in [6, 6.07) is 0. The summed E-state index contributed by atoms with van der Waals surface area (Å²) in [7, 11) is 3.05. The molecule has 258 valence electrons. The molecule has 0 aromatic heterocycles. The second-order valence-corrected chi connectivity index (χ2v) is 15.5. The van der Waals surface area contributed by atoms with Crippen LogP contribution in [-0.2, 0) is 18.9 Å². The van der Waals surface area contributed by atoms with E-state index in [-0.39, 0.29) is 55.3 Å². The van der Waals surface area contributed by atoms with Crippen LogP contribution in [0.3, 0.4) is 0 Å².